The first-order chi connectivity index (χ1) is 7.77. The highest BCUT2D eigenvalue weighted by Gasteiger charge is 2.75. The molecule has 0 aromatic heterocycles. The zero-order valence-corrected chi connectivity index (χ0v) is 11.2. The fourth-order valence-electron chi connectivity index (χ4n) is 3.17. The third-order valence-corrected chi connectivity index (χ3v) is 4.57. The van der Waals surface area contributed by atoms with Gasteiger partial charge in [-0.2, -0.15) is 0 Å². The predicted molar refractivity (Wildman–Crippen MR) is 63.4 cm³/mol. The summed E-state index contributed by atoms with van der Waals surface area (Å²) in [6.45, 7) is 7.12. The summed E-state index contributed by atoms with van der Waals surface area (Å²) >= 11 is 0. The lowest BCUT2D eigenvalue weighted by atomic mass is 9.88. The lowest BCUT2D eigenvalue weighted by Gasteiger charge is -2.35. The molecule has 1 aliphatic carbocycles. The topological polar surface area (TPSA) is 12.5 Å². The number of halogens is 2. The molecule has 1 saturated carbocycles. The maximum atomic E-state index is 13.5. The highest BCUT2D eigenvalue weighted by molar-refractivity contribution is 5.20. The second kappa shape index (κ2) is 3.89. The number of hydrogen-bond donors (Lipinski definition) is 0. The van der Waals surface area contributed by atoms with Crippen molar-refractivity contribution in [1.82, 2.24) is 4.90 Å². The predicted octanol–water partition coefficient (Wildman–Crippen LogP) is 2.92. The maximum absolute atomic E-state index is 13.5. The number of rotatable bonds is 4. The van der Waals surface area contributed by atoms with E-state index in [1.807, 2.05) is 20.9 Å². The molecule has 0 radical (unpaired) electrons. The summed E-state index contributed by atoms with van der Waals surface area (Å²) in [5.74, 6) is -2.45. The fourth-order valence-corrected chi connectivity index (χ4v) is 3.17. The van der Waals surface area contributed by atoms with Crippen molar-refractivity contribution in [2.75, 3.05) is 20.2 Å². The molecule has 17 heavy (non-hydrogen) atoms. The van der Waals surface area contributed by atoms with Gasteiger partial charge in [0.1, 0.15) is 0 Å². The first kappa shape index (κ1) is 13.2. The molecule has 1 aliphatic heterocycles. The second-order valence-corrected chi connectivity index (χ2v) is 6.13. The van der Waals surface area contributed by atoms with E-state index >= 15 is 0 Å². The van der Waals surface area contributed by atoms with E-state index < -0.39 is 11.3 Å². The number of nitrogens with zero attached hydrogens (tertiary/aromatic N) is 1. The molecule has 1 unspecified atom stereocenters. The van der Waals surface area contributed by atoms with Crippen molar-refractivity contribution in [2.24, 2.45) is 5.41 Å². The molecule has 1 saturated heterocycles. The Hall–Kier alpha value is -0.220. The van der Waals surface area contributed by atoms with Crippen molar-refractivity contribution in [3.05, 3.63) is 0 Å². The highest BCUT2D eigenvalue weighted by Crippen LogP contribution is 2.68. The number of ether oxygens (including phenoxy) is 1. The van der Waals surface area contributed by atoms with Crippen LogP contribution in [0.1, 0.15) is 40.0 Å². The van der Waals surface area contributed by atoms with Crippen molar-refractivity contribution >= 4 is 0 Å². The molecule has 4 heteroatoms. The van der Waals surface area contributed by atoms with E-state index in [4.69, 9.17) is 4.74 Å². The largest absolute Gasteiger partial charge is 0.377 e. The van der Waals surface area contributed by atoms with Crippen molar-refractivity contribution in [3.63, 3.8) is 0 Å². The van der Waals surface area contributed by atoms with Crippen molar-refractivity contribution in [3.8, 4) is 0 Å². The summed E-state index contributed by atoms with van der Waals surface area (Å²) in [6.07, 6.45) is 1.66. The van der Waals surface area contributed by atoms with Crippen LogP contribution in [-0.4, -0.2) is 42.7 Å². The van der Waals surface area contributed by atoms with E-state index in [9.17, 15) is 8.78 Å². The Bertz CT molecular complexity index is 308. The molecular formula is C13H23F2NO. The van der Waals surface area contributed by atoms with Gasteiger partial charge in [0.25, 0.3) is 5.92 Å². The quantitative estimate of drug-likeness (QED) is 0.757. The molecule has 0 bridgehead atoms. The number of alkyl halides is 2. The fraction of sp³-hybridized carbons (Fsp3) is 1.00. The molecule has 2 aliphatic rings. The zero-order valence-electron chi connectivity index (χ0n) is 11.2. The molecule has 0 amide bonds. The van der Waals surface area contributed by atoms with Crippen LogP contribution in [0.5, 0.6) is 0 Å². The summed E-state index contributed by atoms with van der Waals surface area (Å²) in [5, 5.41) is 0. The van der Waals surface area contributed by atoms with Crippen LogP contribution in [0.15, 0.2) is 0 Å². The molecule has 2 nitrogen and oxygen atoms in total. The summed E-state index contributed by atoms with van der Waals surface area (Å²) in [7, 11) is 1.95. The minimum absolute atomic E-state index is 0.0633. The molecule has 2 fully saturated rings. The molecule has 2 atom stereocenters. The monoisotopic (exact) mass is 247 g/mol. The van der Waals surface area contributed by atoms with Crippen molar-refractivity contribution in [1.29, 1.82) is 0 Å². The average Bonchev–Trinajstić information content (AvgIpc) is 2.60. The Balaban J connectivity index is 2.08. The van der Waals surface area contributed by atoms with Crippen molar-refractivity contribution in [2.45, 2.75) is 57.6 Å². The van der Waals surface area contributed by atoms with E-state index in [1.165, 1.54) is 0 Å². The third kappa shape index (κ3) is 1.99. The molecule has 0 aromatic carbocycles. The Morgan fingerprint density at radius 3 is 2.24 bits per heavy atom. The van der Waals surface area contributed by atoms with Crippen LogP contribution in [0.25, 0.3) is 0 Å². The van der Waals surface area contributed by atoms with Crippen LogP contribution in [0.4, 0.5) is 8.78 Å². The van der Waals surface area contributed by atoms with Gasteiger partial charge >= 0.3 is 0 Å². The smallest absolute Gasteiger partial charge is 0.255 e. The SMILES string of the molecule is CC[C@@]1(COC(C)C)CC2(CN1C)CC2(F)F. The van der Waals surface area contributed by atoms with E-state index in [2.05, 4.69) is 11.8 Å². The van der Waals surface area contributed by atoms with Crippen LogP contribution in [0, 0.1) is 5.41 Å². The molecule has 0 aromatic rings. The summed E-state index contributed by atoms with van der Waals surface area (Å²) in [6, 6.07) is 0. The summed E-state index contributed by atoms with van der Waals surface area (Å²) < 4.78 is 32.6. The third-order valence-electron chi connectivity index (χ3n) is 4.57. The normalized spacial score (nSPS) is 40.4. The van der Waals surface area contributed by atoms with E-state index in [-0.39, 0.29) is 18.1 Å². The van der Waals surface area contributed by atoms with Crippen LogP contribution in [-0.2, 0) is 4.74 Å². The molecule has 0 N–H and O–H groups in total. The second-order valence-electron chi connectivity index (χ2n) is 6.13. The number of likely N-dealkylation sites (tertiary alicyclic amines) is 1. The Morgan fingerprint density at radius 1 is 1.29 bits per heavy atom. The van der Waals surface area contributed by atoms with Gasteiger partial charge in [0.05, 0.1) is 18.1 Å². The van der Waals surface area contributed by atoms with Gasteiger partial charge in [-0.05, 0) is 33.7 Å². The van der Waals surface area contributed by atoms with E-state index in [0.29, 0.717) is 19.6 Å². The van der Waals surface area contributed by atoms with Gasteiger partial charge in [0.15, 0.2) is 0 Å². The van der Waals surface area contributed by atoms with Gasteiger partial charge in [-0.1, -0.05) is 6.92 Å². The van der Waals surface area contributed by atoms with Gasteiger partial charge in [0, 0.05) is 18.5 Å². The molecule has 1 spiro atoms. The first-order valence-corrected chi connectivity index (χ1v) is 6.48. The summed E-state index contributed by atoms with van der Waals surface area (Å²) in [5.41, 5.74) is -0.942. The molecule has 2 rings (SSSR count). The standard InChI is InChI=1S/C13H23F2NO/c1-5-12(9-17-10(2)3)6-11(8-16(12)4)7-13(11,14)15/h10H,5-9H2,1-4H3/t11?,12-/m0/s1. The van der Waals surface area contributed by atoms with E-state index in [1.54, 1.807) is 0 Å². The Labute approximate surface area is 102 Å². The molecule has 100 valence electrons. The molecular weight excluding hydrogens is 224 g/mol. The van der Waals surface area contributed by atoms with Crippen molar-refractivity contribution < 1.29 is 13.5 Å². The lowest BCUT2D eigenvalue weighted by molar-refractivity contribution is -0.00751. The minimum atomic E-state index is -2.45. The van der Waals surface area contributed by atoms with Gasteiger partial charge in [-0.15, -0.1) is 0 Å². The van der Waals surface area contributed by atoms with E-state index in [0.717, 1.165) is 6.42 Å². The Morgan fingerprint density at radius 2 is 1.88 bits per heavy atom. The number of likely N-dealkylation sites (N-methyl/N-ethyl adjacent to an activating group) is 1. The van der Waals surface area contributed by atoms with Crippen LogP contribution in [0.3, 0.4) is 0 Å². The van der Waals surface area contributed by atoms with Gasteiger partial charge in [0.2, 0.25) is 0 Å². The minimum Gasteiger partial charge on any atom is -0.377 e. The van der Waals surface area contributed by atoms with Gasteiger partial charge in [-0.3, -0.25) is 4.90 Å². The zero-order chi connectivity index (χ0) is 12.9. The Kier molecular flexibility index (Phi) is 3.02. The highest BCUT2D eigenvalue weighted by atomic mass is 19.3. The first-order valence-electron chi connectivity index (χ1n) is 6.48. The van der Waals surface area contributed by atoms with Gasteiger partial charge < -0.3 is 4.74 Å². The van der Waals surface area contributed by atoms with Crippen LogP contribution < -0.4 is 0 Å². The molecule has 1 heterocycles. The lowest BCUT2D eigenvalue weighted by Crippen LogP contribution is -2.45. The average molecular weight is 247 g/mol. The summed E-state index contributed by atoms with van der Waals surface area (Å²) in [4.78, 5) is 2.09. The number of hydrogen-bond acceptors (Lipinski definition) is 2. The van der Waals surface area contributed by atoms with Crippen LogP contribution in [0.2, 0.25) is 0 Å². The maximum Gasteiger partial charge on any atom is 0.255 e. The van der Waals surface area contributed by atoms with Gasteiger partial charge in [-0.25, -0.2) is 8.78 Å². The van der Waals surface area contributed by atoms with Crippen LogP contribution >= 0.6 is 0 Å².